The lowest BCUT2D eigenvalue weighted by molar-refractivity contribution is 0.602. The number of tetrazole rings is 1. The van der Waals surface area contributed by atoms with E-state index in [-0.39, 0.29) is 10.9 Å². The van der Waals surface area contributed by atoms with Gasteiger partial charge in [-0.1, -0.05) is 17.3 Å². The van der Waals surface area contributed by atoms with Crippen molar-refractivity contribution in [2.24, 2.45) is 0 Å². The molecule has 0 aliphatic rings. The van der Waals surface area contributed by atoms with Crippen LogP contribution in [0.4, 0.5) is 5.69 Å². The molecule has 2 rings (SSSR count). The first kappa shape index (κ1) is 12.5. The SMILES string of the molecule is CC(Nc1ccccc1S(C)(=O)=O)c1nn[nH]n1. The molecule has 0 saturated carbocycles. The van der Waals surface area contributed by atoms with Gasteiger partial charge in [0.25, 0.3) is 0 Å². The molecule has 0 spiro atoms. The van der Waals surface area contributed by atoms with Crippen LogP contribution in [-0.4, -0.2) is 35.3 Å². The summed E-state index contributed by atoms with van der Waals surface area (Å²) in [5.74, 6) is 0.471. The molecule has 18 heavy (non-hydrogen) atoms. The number of nitrogens with one attached hydrogen (secondary N) is 2. The molecule has 1 unspecified atom stereocenters. The van der Waals surface area contributed by atoms with Crippen LogP contribution in [0.3, 0.4) is 0 Å². The predicted octanol–water partition coefficient (Wildman–Crippen LogP) is 0.776. The van der Waals surface area contributed by atoms with E-state index in [1.54, 1.807) is 24.3 Å². The number of anilines is 1. The van der Waals surface area contributed by atoms with Gasteiger partial charge in [0.05, 0.1) is 16.6 Å². The molecular weight excluding hydrogens is 254 g/mol. The monoisotopic (exact) mass is 267 g/mol. The zero-order valence-electron chi connectivity index (χ0n) is 9.95. The summed E-state index contributed by atoms with van der Waals surface area (Å²) in [5.41, 5.74) is 0.525. The smallest absolute Gasteiger partial charge is 0.196 e. The number of benzene rings is 1. The molecule has 2 N–H and O–H groups in total. The number of rotatable bonds is 4. The zero-order chi connectivity index (χ0) is 13.2. The van der Waals surface area contributed by atoms with Crippen LogP contribution in [0.15, 0.2) is 29.2 Å². The summed E-state index contributed by atoms with van der Waals surface area (Å²) in [6, 6.07) is 6.46. The van der Waals surface area contributed by atoms with Crippen molar-refractivity contribution < 1.29 is 8.42 Å². The molecule has 96 valence electrons. The Bertz CT molecular complexity index is 623. The first-order valence-corrected chi connectivity index (χ1v) is 7.16. The van der Waals surface area contributed by atoms with Gasteiger partial charge in [-0.2, -0.15) is 5.21 Å². The third kappa shape index (κ3) is 2.65. The van der Waals surface area contributed by atoms with Crippen molar-refractivity contribution in [3.63, 3.8) is 0 Å². The topological polar surface area (TPSA) is 101 Å². The molecule has 0 amide bonds. The first-order chi connectivity index (χ1) is 8.48. The fourth-order valence-electron chi connectivity index (χ4n) is 1.56. The van der Waals surface area contributed by atoms with Crippen molar-refractivity contribution in [3.05, 3.63) is 30.1 Å². The number of hydrogen-bond acceptors (Lipinski definition) is 6. The highest BCUT2D eigenvalue weighted by molar-refractivity contribution is 7.90. The van der Waals surface area contributed by atoms with E-state index >= 15 is 0 Å². The normalized spacial score (nSPS) is 13.2. The number of aromatic nitrogens is 4. The Hall–Kier alpha value is -1.96. The van der Waals surface area contributed by atoms with Crippen molar-refractivity contribution in [1.29, 1.82) is 0 Å². The van der Waals surface area contributed by atoms with Gasteiger partial charge in [-0.3, -0.25) is 0 Å². The van der Waals surface area contributed by atoms with Crippen LogP contribution in [0.5, 0.6) is 0 Å². The number of H-pyrrole nitrogens is 1. The number of nitrogens with zero attached hydrogens (tertiary/aromatic N) is 3. The van der Waals surface area contributed by atoms with E-state index in [0.29, 0.717) is 11.5 Å². The Morgan fingerprint density at radius 1 is 1.33 bits per heavy atom. The molecule has 1 heterocycles. The van der Waals surface area contributed by atoms with E-state index in [9.17, 15) is 8.42 Å². The summed E-state index contributed by atoms with van der Waals surface area (Å²) in [7, 11) is -3.27. The summed E-state index contributed by atoms with van der Waals surface area (Å²) in [6.45, 7) is 1.82. The standard InChI is InChI=1S/C10H13N5O2S/c1-7(10-12-14-15-13-10)11-8-5-3-4-6-9(8)18(2,16)17/h3-7,11H,1-2H3,(H,12,13,14,15). The molecule has 1 atom stereocenters. The molecule has 1 aromatic heterocycles. The Morgan fingerprint density at radius 2 is 2.06 bits per heavy atom. The van der Waals surface area contributed by atoms with Gasteiger partial charge in [0.15, 0.2) is 15.7 Å². The fraction of sp³-hybridized carbons (Fsp3) is 0.300. The fourth-order valence-corrected chi connectivity index (χ4v) is 2.41. The summed E-state index contributed by atoms with van der Waals surface area (Å²) < 4.78 is 23.3. The van der Waals surface area contributed by atoms with Crippen LogP contribution in [0.1, 0.15) is 18.8 Å². The average Bonchev–Trinajstić information content (AvgIpc) is 2.81. The van der Waals surface area contributed by atoms with Crippen LogP contribution < -0.4 is 5.32 Å². The van der Waals surface area contributed by atoms with E-state index in [1.165, 1.54) is 6.26 Å². The molecule has 0 radical (unpaired) electrons. The van der Waals surface area contributed by atoms with Gasteiger partial charge in [-0.15, -0.1) is 10.2 Å². The van der Waals surface area contributed by atoms with Gasteiger partial charge in [0.2, 0.25) is 0 Å². The largest absolute Gasteiger partial charge is 0.374 e. The second-order valence-corrected chi connectivity index (χ2v) is 5.89. The lowest BCUT2D eigenvalue weighted by Crippen LogP contribution is -2.11. The average molecular weight is 267 g/mol. The third-order valence-corrected chi connectivity index (χ3v) is 3.56. The maximum Gasteiger partial charge on any atom is 0.196 e. The van der Waals surface area contributed by atoms with Crippen molar-refractivity contribution in [2.45, 2.75) is 17.9 Å². The Labute approximate surface area is 105 Å². The predicted molar refractivity (Wildman–Crippen MR) is 65.8 cm³/mol. The molecular formula is C10H13N5O2S. The second kappa shape index (κ2) is 4.73. The Balaban J connectivity index is 2.30. The highest BCUT2D eigenvalue weighted by Crippen LogP contribution is 2.24. The molecule has 0 aliphatic carbocycles. The molecule has 2 aromatic rings. The van der Waals surface area contributed by atoms with Gasteiger partial charge in [-0.25, -0.2) is 8.42 Å². The summed E-state index contributed by atoms with van der Waals surface area (Å²) in [5, 5.41) is 16.6. The van der Waals surface area contributed by atoms with Crippen molar-refractivity contribution >= 4 is 15.5 Å². The molecule has 0 bridgehead atoms. The lowest BCUT2D eigenvalue weighted by atomic mass is 10.2. The quantitative estimate of drug-likeness (QED) is 0.848. The van der Waals surface area contributed by atoms with Gasteiger partial charge in [0.1, 0.15) is 0 Å². The number of para-hydroxylation sites is 1. The minimum atomic E-state index is -3.27. The highest BCUT2D eigenvalue weighted by Gasteiger charge is 2.16. The van der Waals surface area contributed by atoms with Gasteiger partial charge < -0.3 is 5.32 Å². The third-order valence-electron chi connectivity index (χ3n) is 2.41. The molecule has 1 aromatic carbocycles. The van der Waals surface area contributed by atoms with Gasteiger partial charge >= 0.3 is 0 Å². The van der Waals surface area contributed by atoms with Crippen molar-refractivity contribution in [2.75, 3.05) is 11.6 Å². The van der Waals surface area contributed by atoms with Crippen LogP contribution in [0, 0.1) is 0 Å². The molecule has 0 aliphatic heterocycles. The number of sulfone groups is 1. The van der Waals surface area contributed by atoms with Gasteiger partial charge in [-0.05, 0) is 19.1 Å². The second-order valence-electron chi connectivity index (χ2n) is 3.90. The molecule has 8 heteroatoms. The number of aromatic amines is 1. The zero-order valence-corrected chi connectivity index (χ0v) is 10.8. The van der Waals surface area contributed by atoms with Crippen LogP contribution in [0.25, 0.3) is 0 Å². The maximum absolute atomic E-state index is 11.6. The molecule has 7 nitrogen and oxygen atoms in total. The maximum atomic E-state index is 11.6. The summed E-state index contributed by atoms with van der Waals surface area (Å²) >= 11 is 0. The van der Waals surface area contributed by atoms with E-state index < -0.39 is 9.84 Å². The summed E-state index contributed by atoms with van der Waals surface area (Å²) in [6.07, 6.45) is 1.17. The molecule has 0 saturated heterocycles. The first-order valence-electron chi connectivity index (χ1n) is 5.27. The van der Waals surface area contributed by atoms with E-state index in [1.807, 2.05) is 6.92 Å². The van der Waals surface area contributed by atoms with Crippen LogP contribution in [-0.2, 0) is 9.84 Å². The lowest BCUT2D eigenvalue weighted by Gasteiger charge is -2.14. The van der Waals surface area contributed by atoms with Crippen LogP contribution >= 0.6 is 0 Å². The number of hydrogen-bond donors (Lipinski definition) is 2. The Morgan fingerprint density at radius 3 is 2.67 bits per heavy atom. The molecule has 0 fully saturated rings. The van der Waals surface area contributed by atoms with Gasteiger partial charge in [0, 0.05) is 6.26 Å². The summed E-state index contributed by atoms with van der Waals surface area (Å²) in [4.78, 5) is 0.250. The minimum absolute atomic E-state index is 0.244. The van der Waals surface area contributed by atoms with E-state index in [0.717, 1.165) is 0 Å². The van der Waals surface area contributed by atoms with E-state index in [2.05, 4.69) is 25.9 Å². The Kier molecular flexibility index (Phi) is 3.28. The van der Waals surface area contributed by atoms with E-state index in [4.69, 9.17) is 0 Å². The van der Waals surface area contributed by atoms with Crippen LogP contribution in [0.2, 0.25) is 0 Å². The minimum Gasteiger partial charge on any atom is -0.374 e. The van der Waals surface area contributed by atoms with Crippen molar-refractivity contribution in [1.82, 2.24) is 20.6 Å². The van der Waals surface area contributed by atoms with Crippen molar-refractivity contribution in [3.8, 4) is 0 Å². The highest BCUT2D eigenvalue weighted by atomic mass is 32.2.